The Morgan fingerprint density at radius 2 is 1.93 bits per heavy atom. The van der Waals surface area contributed by atoms with E-state index in [2.05, 4.69) is 40.8 Å². The summed E-state index contributed by atoms with van der Waals surface area (Å²) < 4.78 is 28.4. The van der Waals surface area contributed by atoms with Crippen molar-refractivity contribution in [1.29, 1.82) is 0 Å². The molecule has 3 aromatic rings. The van der Waals surface area contributed by atoms with Gasteiger partial charge in [-0.25, -0.2) is 17.7 Å². The van der Waals surface area contributed by atoms with E-state index < -0.39 is 10.0 Å². The van der Waals surface area contributed by atoms with Gasteiger partial charge in [0.25, 0.3) is 0 Å². The van der Waals surface area contributed by atoms with Crippen LogP contribution in [0.25, 0.3) is 11.0 Å². The monoisotopic (exact) mass is 420 g/mol. The van der Waals surface area contributed by atoms with Crippen molar-refractivity contribution in [2.45, 2.75) is 44.8 Å². The minimum absolute atomic E-state index is 0.281. The van der Waals surface area contributed by atoms with Crippen LogP contribution in [0.2, 0.25) is 0 Å². The number of thiophene rings is 1. The standard InChI is InChI=1S/C20H28N4O2S2/c1-5-11-24-19-10-9-17(28(25,26)22(3)4)13-18(19)21-20(24)15-23(6-2)14-16-8-7-12-27-16/h7-10,12-13H,5-6,11,14-15H2,1-4H3. The summed E-state index contributed by atoms with van der Waals surface area (Å²) in [6, 6.07) is 9.48. The quantitative estimate of drug-likeness (QED) is 0.529. The molecule has 0 saturated heterocycles. The average Bonchev–Trinajstić information content (AvgIpc) is 3.29. The Balaban J connectivity index is 1.97. The summed E-state index contributed by atoms with van der Waals surface area (Å²) in [6.45, 7) is 7.71. The van der Waals surface area contributed by atoms with Gasteiger partial charge in [0.05, 0.1) is 22.5 Å². The SMILES string of the molecule is CCCn1c(CN(CC)Cc2cccs2)nc2cc(S(=O)(=O)N(C)C)ccc21. The van der Waals surface area contributed by atoms with E-state index in [-0.39, 0.29) is 4.90 Å². The molecule has 3 rings (SSSR count). The number of sulfonamides is 1. The zero-order valence-corrected chi connectivity index (χ0v) is 18.6. The lowest BCUT2D eigenvalue weighted by Crippen LogP contribution is -2.24. The molecule has 8 heteroatoms. The fraction of sp³-hybridized carbons (Fsp3) is 0.450. The average molecular weight is 421 g/mol. The van der Waals surface area contributed by atoms with E-state index in [4.69, 9.17) is 4.98 Å². The number of hydrogen-bond donors (Lipinski definition) is 0. The topological polar surface area (TPSA) is 58.4 Å². The molecule has 0 saturated carbocycles. The molecule has 0 fully saturated rings. The van der Waals surface area contributed by atoms with E-state index in [1.165, 1.54) is 9.18 Å². The maximum atomic E-state index is 12.5. The van der Waals surface area contributed by atoms with Crippen molar-refractivity contribution >= 4 is 32.4 Å². The van der Waals surface area contributed by atoms with Crippen LogP contribution >= 0.6 is 11.3 Å². The summed E-state index contributed by atoms with van der Waals surface area (Å²) in [7, 11) is -0.379. The number of nitrogens with zero attached hydrogens (tertiary/aromatic N) is 4. The van der Waals surface area contributed by atoms with E-state index in [0.717, 1.165) is 49.5 Å². The summed E-state index contributed by atoms with van der Waals surface area (Å²) in [5.41, 5.74) is 1.72. The van der Waals surface area contributed by atoms with Crippen LogP contribution in [0.1, 0.15) is 31.0 Å². The fourth-order valence-electron chi connectivity index (χ4n) is 3.23. The largest absolute Gasteiger partial charge is 0.327 e. The van der Waals surface area contributed by atoms with Crippen LogP contribution in [0, 0.1) is 0 Å². The second-order valence-electron chi connectivity index (χ2n) is 7.00. The molecule has 1 aromatic carbocycles. The molecule has 2 heterocycles. The molecule has 28 heavy (non-hydrogen) atoms. The van der Waals surface area contributed by atoms with Crippen molar-refractivity contribution in [3.8, 4) is 0 Å². The lowest BCUT2D eigenvalue weighted by atomic mass is 10.3. The highest BCUT2D eigenvalue weighted by atomic mass is 32.2. The molecule has 0 radical (unpaired) electrons. The molecule has 152 valence electrons. The maximum Gasteiger partial charge on any atom is 0.242 e. The van der Waals surface area contributed by atoms with Gasteiger partial charge in [0, 0.05) is 32.1 Å². The summed E-state index contributed by atoms with van der Waals surface area (Å²) >= 11 is 1.76. The molecule has 0 aliphatic heterocycles. The van der Waals surface area contributed by atoms with Crippen molar-refractivity contribution in [2.75, 3.05) is 20.6 Å². The molecule has 0 atom stereocenters. The van der Waals surface area contributed by atoms with Crippen molar-refractivity contribution in [2.24, 2.45) is 0 Å². The van der Waals surface area contributed by atoms with Gasteiger partial charge in [-0.15, -0.1) is 11.3 Å². The minimum atomic E-state index is -3.47. The summed E-state index contributed by atoms with van der Waals surface area (Å²) in [5, 5.41) is 2.10. The molecule has 0 amide bonds. The van der Waals surface area contributed by atoms with Crippen LogP contribution in [0.3, 0.4) is 0 Å². The van der Waals surface area contributed by atoms with Gasteiger partial charge in [-0.05, 0) is 42.6 Å². The van der Waals surface area contributed by atoms with E-state index in [0.29, 0.717) is 0 Å². The van der Waals surface area contributed by atoms with Crippen molar-refractivity contribution in [1.82, 2.24) is 18.8 Å². The zero-order chi connectivity index (χ0) is 20.3. The predicted molar refractivity (Wildman–Crippen MR) is 115 cm³/mol. The number of benzene rings is 1. The van der Waals surface area contributed by atoms with Crippen molar-refractivity contribution < 1.29 is 8.42 Å². The van der Waals surface area contributed by atoms with Gasteiger partial charge in [0.1, 0.15) is 5.82 Å². The van der Waals surface area contributed by atoms with Crippen LogP contribution in [-0.2, 0) is 29.7 Å². The molecule has 2 aromatic heterocycles. The van der Waals surface area contributed by atoms with Crippen molar-refractivity contribution in [3.63, 3.8) is 0 Å². The summed E-state index contributed by atoms with van der Waals surface area (Å²) in [4.78, 5) is 8.80. The lowest BCUT2D eigenvalue weighted by Gasteiger charge is -2.20. The zero-order valence-electron chi connectivity index (χ0n) is 16.9. The third-order valence-electron chi connectivity index (χ3n) is 4.80. The Bertz CT molecular complexity index is 1020. The highest BCUT2D eigenvalue weighted by molar-refractivity contribution is 7.89. The van der Waals surface area contributed by atoms with Gasteiger partial charge in [0.15, 0.2) is 0 Å². The second kappa shape index (κ2) is 8.73. The molecule has 0 N–H and O–H groups in total. The van der Waals surface area contributed by atoms with Gasteiger partial charge in [-0.1, -0.05) is 19.9 Å². The third kappa shape index (κ3) is 4.30. The van der Waals surface area contributed by atoms with E-state index >= 15 is 0 Å². The first-order valence-corrected chi connectivity index (χ1v) is 11.8. The number of hydrogen-bond acceptors (Lipinski definition) is 5. The highest BCUT2D eigenvalue weighted by Crippen LogP contribution is 2.24. The van der Waals surface area contributed by atoms with Gasteiger partial charge in [-0.2, -0.15) is 0 Å². The molecule has 0 unspecified atom stereocenters. The van der Waals surface area contributed by atoms with Crippen molar-refractivity contribution in [3.05, 3.63) is 46.4 Å². The second-order valence-corrected chi connectivity index (χ2v) is 10.2. The normalized spacial score (nSPS) is 12.5. The maximum absolute atomic E-state index is 12.5. The number of aromatic nitrogens is 2. The van der Waals surface area contributed by atoms with Gasteiger partial charge in [0.2, 0.25) is 10.0 Å². The number of aryl methyl sites for hydroxylation is 1. The molecule has 0 aliphatic rings. The Kier molecular flexibility index (Phi) is 6.54. The highest BCUT2D eigenvalue weighted by Gasteiger charge is 2.20. The Labute approximate surface area is 171 Å². The van der Waals surface area contributed by atoms with Crippen LogP contribution in [0.5, 0.6) is 0 Å². The number of rotatable bonds is 9. The smallest absolute Gasteiger partial charge is 0.242 e. The van der Waals surface area contributed by atoms with Crippen LogP contribution < -0.4 is 0 Å². The molecule has 0 aliphatic carbocycles. The molecular weight excluding hydrogens is 392 g/mol. The van der Waals surface area contributed by atoms with Crippen LogP contribution in [0.4, 0.5) is 0 Å². The lowest BCUT2D eigenvalue weighted by molar-refractivity contribution is 0.263. The van der Waals surface area contributed by atoms with Gasteiger partial charge < -0.3 is 4.57 Å². The van der Waals surface area contributed by atoms with E-state index in [1.54, 1.807) is 37.6 Å². The van der Waals surface area contributed by atoms with Crippen LogP contribution in [-0.4, -0.2) is 47.8 Å². The minimum Gasteiger partial charge on any atom is -0.327 e. The van der Waals surface area contributed by atoms with Crippen LogP contribution in [0.15, 0.2) is 40.6 Å². The first-order valence-electron chi connectivity index (χ1n) is 9.53. The number of imidazole rings is 1. The Morgan fingerprint density at radius 1 is 1.14 bits per heavy atom. The third-order valence-corrected chi connectivity index (χ3v) is 7.47. The van der Waals surface area contributed by atoms with E-state index in [1.807, 2.05) is 6.07 Å². The van der Waals surface area contributed by atoms with E-state index in [9.17, 15) is 8.42 Å². The molecule has 0 spiro atoms. The molecule has 0 bridgehead atoms. The first-order chi connectivity index (χ1) is 13.4. The molecule has 6 nitrogen and oxygen atoms in total. The fourth-order valence-corrected chi connectivity index (χ4v) is 4.90. The summed E-state index contributed by atoms with van der Waals surface area (Å²) in [6.07, 6.45) is 0.993. The van der Waals surface area contributed by atoms with Gasteiger partial charge >= 0.3 is 0 Å². The first kappa shape index (κ1) is 21.0. The summed E-state index contributed by atoms with van der Waals surface area (Å²) in [5.74, 6) is 0.981. The predicted octanol–water partition coefficient (Wildman–Crippen LogP) is 3.78. The number of fused-ring (bicyclic) bond motifs is 1. The Morgan fingerprint density at radius 3 is 2.54 bits per heavy atom. The van der Waals surface area contributed by atoms with Gasteiger partial charge in [-0.3, -0.25) is 4.90 Å². The molecular formula is C20H28N4O2S2. The Hall–Kier alpha value is -1.74.